The van der Waals surface area contributed by atoms with Crippen LogP contribution in [0.2, 0.25) is 0 Å². The number of nitrogens with one attached hydrogen (secondary N) is 3. The fourth-order valence-electron chi connectivity index (χ4n) is 10.6. The molecule has 1 aliphatic heterocycles. The standard InChI is InChI=1S/C24H24F2N8O.C22H17F2N5O.C20H15F2N5O/c1-13-9-10-33(11-13)24(35)29-19-21(27)30-23(31-22(19)28)18-15-6-4-8-17(26)20(15)34(32-18)12-14-5-2-3-7-16(14)25;23-17-6-2-1-4-13(17)12-29-20-16(5-3-7-18(20)24)19(28-29)21-25-10-14(11-26-21)22(30)27-15-8-9-15;1-23-20(28)13-9-24-19(25-10-13)17-14-6-4-8-16(22)18(14)27(26-17)11-12-5-2-3-7-15(12)21/h2-8,13H,9-12H2,1H3,(H,29,35)(H4,27,28,30,31);1-7,10-11,15H,8-9,12H2,(H,27,30);2-10H,11H2,1H3,(H,23,28). The van der Waals surface area contributed by atoms with Crippen LogP contribution in [0, 0.1) is 40.8 Å². The highest BCUT2D eigenvalue weighted by atomic mass is 19.1. The van der Waals surface area contributed by atoms with Crippen molar-refractivity contribution in [3.05, 3.63) is 215 Å². The monoisotopic (exact) mass is 1260 g/mol. The smallest absolute Gasteiger partial charge is 0.322 e. The molecule has 7 heterocycles. The van der Waals surface area contributed by atoms with Crippen LogP contribution in [-0.4, -0.2) is 108 Å². The molecular weight excluding hydrogens is 1210 g/mol. The van der Waals surface area contributed by atoms with Crippen LogP contribution in [0.3, 0.4) is 0 Å². The summed E-state index contributed by atoms with van der Waals surface area (Å²) in [4.78, 5) is 63.6. The van der Waals surface area contributed by atoms with E-state index in [0.29, 0.717) is 74.4 Å². The van der Waals surface area contributed by atoms with Gasteiger partial charge in [-0.3, -0.25) is 23.6 Å². The van der Waals surface area contributed by atoms with Crippen LogP contribution < -0.4 is 27.4 Å². The molecule has 2 aliphatic rings. The largest absolute Gasteiger partial charge is 0.382 e. The van der Waals surface area contributed by atoms with Crippen molar-refractivity contribution in [1.82, 2.24) is 74.8 Å². The van der Waals surface area contributed by atoms with E-state index < -0.39 is 29.1 Å². The fourth-order valence-corrected chi connectivity index (χ4v) is 10.6. The Kier molecular flexibility index (Phi) is 17.5. The number of likely N-dealkylation sites (tertiary alicyclic amines) is 1. The zero-order chi connectivity index (χ0) is 65.0. The predicted molar refractivity (Wildman–Crippen MR) is 336 cm³/mol. The van der Waals surface area contributed by atoms with Gasteiger partial charge in [-0.15, -0.1) is 0 Å². The van der Waals surface area contributed by atoms with Gasteiger partial charge in [0.05, 0.1) is 30.8 Å². The number of para-hydroxylation sites is 3. The van der Waals surface area contributed by atoms with Crippen molar-refractivity contribution in [2.75, 3.05) is 36.9 Å². The lowest BCUT2D eigenvalue weighted by atomic mass is 10.2. The van der Waals surface area contributed by atoms with E-state index >= 15 is 0 Å². The van der Waals surface area contributed by atoms with E-state index in [4.69, 9.17) is 11.5 Å². The minimum absolute atomic E-state index is 0.00251. The topological polar surface area (TPSA) is 273 Å². The van der Waals surface area contributed by atoms with E-state index in [9.17, 15) is 40.7 Å². The average molecular weight is 1260 g/mol. The number of fused-ring (bicyclic) bond motifs is 3. The van der Waals surface area contributed by atoms with Crippen molar-refractivity contribution in [1.29, 1.82) is 0 Å². The van der Waals surface area contributed by atoms with Gasteiger partial charge in [0.1, 0.15) is 74.2 Å². The summed E-state index contributed by atoms with van der Waals surface area (Å²) in [7, 11) is 1.51. The van der Waals surface area contributed by atoms with Crippen LogP contribution in [0.1, 0.15) is 63.6 Å². The van der Waals surface area contributed by atoms with Crippen molar-refractivity contribution in [3.63, 3.8) is 0 Å². The quantitative estimate of drug-likeness (QED) is 0.0672. The molecule has 6 aromatic carbocycles. The molecule has 1 saturated heterocycles. The van der Waals surface area contributed by atoms with E-state index in [1.807, 2.05) is 0 Å². The summed E-state index contributed by atoms with van der Waals surface area (Å²) >= 11 is 0. The molecule has 12 aromatic rings. The molecule has 4 amide bonds. The van der Waals surface area contributed by atoms with Crippen molar-refractivity contribution in [2.45, 2.75) is 51.9 Å². The highest BCUT2D eigenvalue weighted by Gasteiger charge is 2.28. The molecule has 2 fully saturated rings. The van der Waals surface area contributed by atoms with Gasteiger partial charge >= 0.3 is 6.03 Å². The molecule has 0 radical (unpaired) electrons. The molecule has 1 saturated carbocycles. The first kappa shape index (κ1) is 61.6. The number of aromatic nitrogens is 12. The van der Waals surface area contributed by atoms with Crippen molar-refractivity contribution < 1.29 is 40.7 Å². The number of urea groups is 1. The molecule has 470 valence electrons. The number of carbonyl (C=O) groups is 3. The van der Waals surface area contributed by atoms with Gasteiger partial charge in [-0.05, 0) is 61.6 Å². The Morgan fingerprint density at radius 1 is 0.495 bits per heavy atom. The lowest BCUT2D eigenvalue weighted by Crippen LogP contribution is -2.33. The molecule has 14 rings (SSSR count). The average Bonchev–Trinajstić information content (AvgIpc) is 1.71. The number of nitrogens with zero attached hydrogens (tertiary/aromatic N) is 13. The number of hydrogen-bond donors (Lipinski definition) is 5. The lowest BCUT2D eigenvalue weighted by molar-refractivity contribution is 0.0946. The van der Waals surface area contributed by atoms with Crippen LogP contribution >= 0.6 is 0 Å². The van der Waals surface area contributed by atoms with Gasteiger partial charge in [0.2, 0.25) is 0 Å². The molecule has 7 N–H and O–H groups in total. The highest BCUT2D eigenvalue weighted by Crippen LogP contribution is 2.34. The van der Waals surface area contributed by atoms with Gasteiger partial charge in [-0.2, -0.15) is 15.3 Å². The first-order chi connectivity index (χ1) is 45.0. The van der Waals surface area contributed by atoms with Crippen LogP contribution in [0.15, 0.2) is 152 Å². The number of hydrogen-bond acceptors (Lipinski definition) is 14. The van der Waals surface area contributed by atoms with Gasteiger partial charge in [-0.1, -0.05) is 97.9 Å². The zero-order valence-corrected chi connectivity index (χ0v) is 49.7. The molecule has 27 heteroatoms. The van der Waals surface area contributed by atoms with Crippen molar-refractivity contribution in [2.24, 2.45) is 5.92 Å². The Morgan fingerprint density at radius 2 is 0.871 bits per heavy atom. The molecular formula is C66H56F6N18O3. The Labute approximate surface area is 525 Å². The summed E-state index contributed by atoms with van der Waals surface area (Å²) in [5.74, 6) is -2.29. The number of benzene rings is 6. The normalized spacial score (nSPS) is 13.5. The summed E-state index contributed by atoms with van der Waals surface area (Å²) in [6.07, 6.45) is 8.52. The first-order valence-electron chi connectivity index (χ1n) is 29.3. The highest BCUT2D eigenvalue weighted by molar-refractivity contribution is 5.99. The third-order valence-corrected chi connectivity index (χ3v) is 15.5. The molecule has 1 aliphatic carbocycles. The number of nitrogens with two attached hydrogens (primary N) is 2. The SMILES string of the molecule is CC1CCN(C(=O)Nc2c(N)nc(-c3nn(Cc4ccccc4F)c4c(F)cccc34)nc2N)C1.CNC(=O)c1cnc(-c2nn(Cc3ccccc3F)c3c(F)cccc23)nc1.O=C(NC1CC1)c1cnc(-c2nn(Cc3ccccc3F)c3c(F)cccc23)nc1. The molecule has 0 bridgehead atoms. The van der Waals surface area contributed by atoms with E-state index in [-0.39, 0.29) is 106 Å². The number of amides is 4. The molecule has 21 nitrogen and oxygen atoms in total. The van der Waals surface area contributed by atoms with E-state index in [1.165, 1.54) is 88.3 Å². The summed E-state index contributed by atoms with van der Waals surface area (Å²) in [6.45, 7) is 3.47. The Balaban J connectivity index is 0.000000135. The van der Waals surface area contributed by atoms with Crippen LogP contribution in [0.4, 0.5) is 48.5 Å². The van der Waals surface area contributed by atoms with Gasteiger partial charge < -0.3 is 32.3 Å². The van der Waals surface area contributed by atoms with E-state index in [2.05, 4.69) is 68.1 Å². The third kappa shape index (κ3) is 13.2. The zero-order valence-electron chi connectivity index (χ0n) is 49.7. The molecule has 1 unspecified atom stereocenters. The third-order valence-electron chi connectivity index (χ3n) is 15.5. The fraction of sp³-hybridized carbons (Fsp3) is 0.182. The Morgan fingerprint density at radius 3 is 1.24 bits per heavy atom. The minimum atomic E-state index is -0.526. The molecule has 0 spiro atoms. The van der Waals surface area contributed by atoms with Crippen molar-refractivity contribution >= 4 is 67.9 Å². The van der Waals surface area contributed by atoms with E-state index in [0.717, 1.165) is 19.3 Å². The number of halogens is 6. The minimum Gasteiger partial charge on any atom is -0.382 e. The molecule has 1 atom stereocenters. The molecule has 6 aromatic heterocycles. The predicted octanol–water partition coefficient (Wildman–Crippen LogP) is 10.7. The maximum Gasteiger partial charge on any atom is 0.322 e. The van der Waals surface area contributed by atoms with Crippen LogP contribution in [-0.2, 0) is 19.6 Å². The number of anilines is 3. The van der Waals surface area contributed by atoms with Gasteiger partial charge in [0.15, 0.2) is 29.1 Å². The number of rotatable bonds is 13. The summed E-state index contributed by atoms with van der Waals surface area (Å²) in [5.41, 5.74) is 15.8. The van der Waals surface area contributed by atoms with Crippen LogP contribution in [0.25, 0.3) is 67.3 Å². The van der Waals surface area contributed by atoms with Crippen LogP contribution in [0.5, 0.6) is 0 Å². The first-order valence-corrected chi connectivity index (χ1v) is 29.3. The Hall–Kier alpha value is -11.6. The molecule has 93 heavy (non-hydrogen) atoms. The van der Waals surface area contributed by atoms with Gasteiger partial charge in [0.25, 0.3) is 11.8 Å². The summed E-state index contributed by atoms with van der Waals surface area (Å²) in [5, 5.41) is 22.9. The maximum absolute atomic E-state index is 14.8. The maximum atomic E-state index is 14.8. The summed E-state index contributed by atoms with van der Waals surface area (Å²) in [6, 6.07) is 32.4. The van der Waals surface area contributed by atoms with E-state index in [1.54, 1.807) is 89.8 Å². The lowest BCUT2D eigenvalue weighted by Gasteiger charge is -2.18. The van der Waals surface area contributed by atoms with Gasteiger partial charge in [0, 0.05) is 83.8 Å². The number of nitrogen functional groups attached to an aromatic ring is 2. The summed E-state index contributed by atoms with van der Waals surface area (Å²) < 4.78 is 90.6. The Bertz CT molecular complexity index is 4780. The number of carbonyl (C=O) groups excluding carboxylic acids is 3. The second kappa shape index (κ2) is 26.4. The second-order valence-electron chi connectivity index (χ2n) is 22.1. The van der Waals surface area contributed by atoms with Gasteiger partial charge in [-0.25, -0.2) is 61.0 Å². The second-order valence-corrected chi connectivity index (χ2v) is 22.1. The van der Waals surface area contributed by atoms with Crippen molar-refractivity contribution in [3.8, 4) is 34.6 Å².